The highest BCUT2D eigenvalue weighted by molar-refractivity contribution is 5.79. The molecular formula is C15H28N2O. The van der Waals surface area contributed by atoms with Crippen molar-refractivity contribution < 1.29 is 4.79 Å². The first-order chi connectivity index (χ1) is 8.59. The number of hydrogen-bond acceptors (Lipinski definition) is 2. The van der Waals surface area contributed by atoms with Crippen LogP contribution in [0.5, 0.6) is 0 Å². The Morgan fingerprint density at radius 2 is 1.72 bits per heavy atom. The van der Waals surface area contributed by atoms with Crippen LogP contribution in [0.3, 0.4) is 0 Å². The van der Waals surface area contributed by atoms with Crippen molar-refractivity contribution in [2.45, 2.75) is 57.9 Å². The van der Waals surface area contributed by atoms with Crippen LogP contribution in [0.15, 0.2) is 0 Å². The van der Waals surface area contributed by atoms with Gasteiger partial charge in [0.1, 0.15) is 0 Å². The average Bonchev–Trinajstić information content (AvgIpc) is 2.18. The zero-order valence-corrected chi connectivity index (χ0v) is 11.9. The first-order valence-corrected chi connectivity index (χ1v) is 7.60. The Balaban J connectivity index is 1.89. The van der Waals surface area contributed by atoms with Gasteiger partial charge in [0, 0.05) is 25.6 Å². The second-order valence-electron chi connectivity index (χ2n) is 6.43. The summed E-state index contributed by atoms with van der Waals surface area (Å²) in [5.74, 6) is 2.08. The lowest BCUT2D eigenvalue weighted by molar-refractivity contribution is -0.141. The molecule has 0 radical (unpaired) electrons. The maximum absolute atomic E-state index is 12.6. The van der Waals surface area contributed by atoms with Gasteiger partial charge in [0.2, 0.25) is 5.91 Å². The van der Waals surface area contributed by atoms with Crippen molar-refractivity contribution in [1.29, 1.82) is 0 Å². The summed E-state index contributed by atoms with van der Waals surface area (Å²) < 4.78 is 0. The Kier molecular flexibility index (Phi) is 4.66. The summed E-state index contributed by atoms with van der Waals surface area (Å²) >= 11 is 0. The van der Waals surface area contributed by atoms with E-state index in [9.17, 15) is 4.79 Å². The van der Waals surface area contributed by atoms with E-state index in [2.05, 4.69) is 0 Å². The minimum atomic E-state index is 0.186. The van der Waals surface area contributed by atoms with Gasteiger partial charge in [0.05, 0.1) is 0 Å². The highest BCUT2D eigenvalue weighted by Crippen LogP contribution is 2.45. The molecule has 3 nitrogen and oxygen atoms in total. The molecule has 0 aliphatic heterocycles. The lowest BCUT2D eigenvalue weighted by Gasteiger charge is -2.43. The molecule has 1 atom stereocenters. The van der Waals surface area contributed by atoms with E-state index in [1.165, 1.54) is 38.5 Å². The van der Waals surface area contributed by atoms with Gasteiger partial charge >= 0.3 is 0 Å². The van der Waals surface area contributed by atoms with Crippen LogP contribution in [0.1, 0.15) is 51.9 Å². The largest absolute Gasteiger partial charge is 0.345 e. The first-order valence-electron chi connectivity index (χ1n) is 7.60. The Morgan fingerprint density at radius 3 is 2.06 bits per heavy atom. The molecule has 0 aromatic rings. The van der Waals surface area contributed by atoms with E-state index in [-0.39, 0.29) is 6.04 Å². The van der Waals surface area contributed by atoms with Crippen LogP contribution in [0, 0.1) is 17.8 Å². The minimum absolute atomic E-state index is 0.186. The van der Waals surface area contributed by atoms with Gasteiger partial charge in [-0.25, -0.2) is 0 Å². The predicted molar refractivity (Wildman–Crippen MR) is 74.1 cm³/mol. The van der Waals surface area contributed by atoms with E-state index in [0.29, 0.717) is 23.7 Å². The fourth-order valence-electron chi connectivity index (χ4n) is 3.15. The van der Waals surface area contributed by atoms with Crippen molar-refractivity contribution in [3.8, 4) is 0 Å². The van der Waals surface area contributed by atoms with Crippen LogP contribution in [0.25, 0.3) is 0 Å². The first kappa shape index (κ1) is 13.9. The number of rotatable bonds is 6. The predicted octanol–water partition coefficient (Wildman–Crippen LogP) is 2.40. The maximum atomic E-state index is 12.6. The van der Waals surface area contributed by atoms with Crippen molar-refractivity contribution in [1.82, 2.24) is 4.90 Å². The summed E-state index contributed by atoms with van der Waals surface area (Å²) in [6.45, 7) is 2.82. The van der Waals surface area contributed by atoms with Gasteiger partial charge in [-0.2, -0.15) is 0 Å². The summed E-state index contributed by atoms with van der Waals surface area (Å²) in [6.07, 6.45) is 8.64. The second-order valence-corrected chi connectivity index (χ2v) is 6.43. The van der Waals surface area contributed by atoms with Gasteiger partial charge in [0.25, 0.3) is 0 Å². The summed E-state index contributed by atoms with van der Waals surface area (Å²) in [6, 6.07) is 0.186. The van der Waals surface area contributed by atoms with E-state index in [1.54, 1.807) is 0 Å². The van der Waals surface area contributed by atoms with E-state index in [1.807, 2.05) is 18.9 Å². The molecule has 2 aliphatic rings. The van der Waals surface area contributed by atoms with Crippen LogP contribution < -0.4 is 5.73 Å². The normalized spacial score (nSPS) is 22.4. The van der Waals surface area contributed by atoms with Crippen LogP contribution in [-0.2, 0) is 4.79 Å². The van der Waals surface area contributed by atoms with E-state index in [0.717, 1.165) is 13.0 Å². The Hall–Kier alpha value is -0.570. The van der Waals surface area contributed by atoms with E-state index >= 15 is 0 Å². The highest BCUT2D eigenvalue weighted by Gasteiger charge is 2.41. The van der Waals surface area contributed by atoms with Gasteiger partial charge < -0.3 is 10.6 Å². The van der Waals surface area contributed by atoms with Crippen LogP contribution >= 0.6 is 0 Å². The zero-order chi connectivity index (χ0) is 13.1. The summed E-state index contributed by atoms with van der Waals surface area (Å²) in [4.78, 5) is 14.5. The number of nitrogens with zero attached hydrogens (tertiary/aromatic N) is 1. The second kappa shape index (κ2) is 6.05. The molecule has 2 fully saturated rings. The molecule has 1 unspecified atom stereocenters. The Labute approximate surface area is 111 Å². The van der Waals surface area contributed by atoms with E-state index in [4.69, 9.17) is 5.73 Å². The molecule has 3 heteroatoms. The molecule has 1 amide bonds. The molecule has 0 heterocycles. The molecule has 0 aromatic heterocycles. The minimum Gasteiger partial charge on any atom is -0.345 e. The van der Waals surface area contributed by atoms with Gasteiger partial charge in [-0.05, 0) is 50.9 Å². The Bertz CT molecular complexity index is 268. The molecule has 104 valence electrons. The molecule has 2 N–H and O–H groups in total. The highest BCUT2D eigenvalue weighted by atomic mass is 16.2. The van der Waals surface area contributed by atoms with Gasteiger partial charge in [-0.3, -0.25) is 4.79 Å². The maximum Gasteiger partial charge on any atom is 0.225 e. The van der Waals surface area contributed by atoms with E-state index < -0.39 is 0 Å². The molecule has 0 aromatic carbocycles. The fraction of sp³-hybridized carbons (Fsp3) is 0.933. The molecule has 0 bridgehead atoms. The zero-order valence-electron chi connectivity index (χ0n) is 11.9. The summed E-state index contributed by atoms with van der Waals surface area (Å²) in [7, 11) is 1.95. The fourth-order valence-corrected chi connectivity index (χ4v) is 3.15. The molecular weight excluding hydrogens is 224 g/mol. The van der Waals surface area contributed by atoms with Crippen molar-refractivity contribution >= 4 is 5.91 Å². The molecule has 0 spiro atoms. The lowest BCUT2D eigenvalue weighted by Crippen LogP contribution is -2.45. The third kappa shape index (κ3) is 3.05. The topological polar surface area (TPSA) is 46.3 Å². The van der Waals surface area contributed by atoms with Crippen LogP contribution in [0.2, 0.25) is 0 Å². The lowest BCUT2D eigenvalue weighted by atomic mass is 9.64. The third-order valence-corrected chi connectivity index (χ3v) is 4.90. The number of amides is 1. The quantitative estimate of drug-likeness (QED) is 0.789. The monoisotopic (exact) mass is 252 g/mol. The number of carbonyl (C=O) groups is 1. The van der Waals surface area contributed by atoms with Gasteiger partial charge in [-0.1, -0.05) is 12.8 Å². The number of nitrogens with two attached hydrogens (primary N) is 1. The SMILES string of the molecule is CC(N)CCN(C)C(=O)C(C1CCC1)C1CCC1. The standard InChI is InChI=1S/C15H28N2O/c1-11(16)9-10-17(2)15(18)14(12-5-3-6-12)13-7-4-8-13/h11-14H,3-10,16H2,1-2H3. The Morgan fingerprint density at radius 1 is 1.22 bits per heavy atom. The molecule has 18 heavy (non-hydrogen) atoms. The third-order valence-electron chi connectivity index (χ3n) is 4.90. The summed E-state index contributed by atoms with van der Waals surface area (Å²) in [5, 5.41) is 0. The molecule has 2 saturated carbocycles. The van der Waals surface area contributed by atoms with Gasteiger partial charge in [-0.15, -0.1) is 0 Å². The van der Waals surface area contributed by atoms with Crippen molar-refractivity contribution in [3.63, 3.8) is 0 Å². The molecule has 2 rings (SSSR count). The number of carbonyl (C=O) groups excluding carboxylic acids is 1. The van der Waals surface area contributed by atoms with Crippen molar-refractivity contribution in [2.24, 2.45) is 23.5 Å². The smallest absolute Gasteiger partial charge is 0.225 e. The molecule has 2 aliphatic carbocycles. The summed E-state index contributed by atoms with van der Waals surface area (Å²) in [5.41, 5.74) is 5.77. The average molecular weight is 252 g/mol. The van der Waals surface area contributed by atoms with Crippen molar-refractivity contribution in [2.75, 3.05) is 13.6 Å². The van der Waals surface area contributed by atoms with Crippen LogP contribution in [0.4, 0.5) is 0 Å². The number of hydrogen-bond donors (Lipinski definition) is 1. The van der Waals surface area contributed by atoms with Crippen molar-refractivity contribution in [3.05, 3.63) is 0 Å². The van der Waals surface area contributed by atoms with Crippen LogP contribution in [-0.4, -0.2) is 30.4 Å². The molecule has 0 saturated heterocycles. The van der Waals surface area contributed by atoms with Gasteiger partial charge in [0.15, 0.2) is 0 Å².